The fourth-order valence-corrected chi connectivity index (χ4v) is 6.53. The molecule has 1 unspecified atom stereocenters. The fourth-order valence-electron chi connectivity index (χ4n) is 5.81. The van der Waals surface area contributed by atoms with Gasteiger partial charge in [0, 0.05) is 18.6 Å². The number of unbranched alkanes of at least 4 members (excludes halogenated alkanes) is 24. The molecule has 7 nitrogen and oxygen atoms in total. The summed E-state index contributed by atoms with van der Waals surface area (Å²) >= 11 is 0.939. The van der Waals surface area contributed by atoms with Crippen LogP contribution in [0.15, 0.2) is 0 Å². The second kappa shape index (κ2) is 35.3. The first-order valence-electron chi connectivity index (χ1n) is 19.3. The zero-order valence-electron chi connectivity index (χ0n) is 30.0. The van der Waals surface area contributed by atoms with Crippen molar-refractivity contribution in [3.8, 4) is 0 Å². The molecule has 0 aromatic heterocycles. The van der Waals surface area contributed by atoms with Crippen molar-refractivity contribution >= 4 is 30.1 Å². The SMILES string of the molecule is CCCCCCCCCCCCCCCC(=O)N(C(=O)CCCCCCCCCCCCCCC)[C@H](C=O)CSOCC(O)CO. The molecule has 0 aliphatic heterocycles. The maximum absolute atomic E-state index is 13.2. The van der Waals surface area contributed by atoms with Crippen LogP contribution in [0.25, 0.3) is 0 Å². The third-order valence-corrected chi connectivity index (χ3v) is 9.59. The van der Waals surface area contributed by atoms with Crippen molar-refractivity contribution in [2.45, 2.75) is 206 Å². The van der Waals surface area contributed by atoms with E-state index in [1.165, 1.54) is 133 Å². The van der Waals surface area contributed by atoms with Crippen LogP contribution in [-0.2, 0) is 18.6 Å². The molecule has 0 saturated heterocycles. The first-order chi connectivity index (χ1) is 22.5. The summed E-state index contributed by atoms with van der Waals surface area (Å²) in [6, 6.07) is -0.903. The molecular weight excluding hydrogens is 598 g/mol. The Morgan fingerprint density at radius 2 is 0.935 bits per heavy atom. The van der Waals surface area contributed by atoms with E-state index in [1.54, 1.807) is 0 Å². The smallest absolute Gasteiger partial charge is 0.229 e. The van der Waals surface area contributed by atoms with Crippen molar-refractivity contribution in [2.75, 3.05) is 19.0 Å². The summed E-state index contributed by atoms with van der Waals surface area (Å²) < 4.78 is 5.29. The van der Waals surface area contributed by atoms with Crippen molar-refractivity contribution in [1.82, 2.24) is 4.90 Å². The number of carbonyl (C=O) groups excluding carboxylic acids is 3. The summed E-state index contributed by atoms with van der Waals surface area (Å²) in [4.78, 5) is 39.6. The number of aliphatic hydroxyl groups is 2. The Bertz CT molecular complexity index is 652. The summed E-state index contributed by atoms with van der Waals surface area (Å²) in [5.41, 5.74) is 0. The topological polar surface area (TPSA) is 104 Å². The molecule has 0 aliphatic rings. The molecule has 46 heavy (non-hydrogen) atoms. The van der Waals surface area contributed by atoms with Crippen molar-refractivity contribution in [3.63, 3.8) is 0 Å². The van der Waals surface area contributed by atoms with Crippen LogP contribution in [0.5, 0.6) is 0 Å². The van der Waals surface area contributed by atoms with E-state index in [1.807, 2.05) is 0 Å². The molecule has 0 fully saturated rings. The van der Waals surface area contributed by atoms with E-state index in [2.05, 4.69) is 13.8 Å². The Hall–Kier alpha value is -0.960. The minimum Gasteiger partial charge on any atom is -0.394 e. The number of hydrogen-bond donors (Lipinski definition) is 2. The van der Waals surface area contributed by atoms with Gasteiger partial charge < -0.3 is 19.2 Å². The molecule has 2 amide bonds. The number of nitrogens with zero attached hydrogens (tertiary/aromatic N) is 1. The van der Waals surface area contributed by atoms with Crippen LogP contribution in [0, 0.1) is 0 Å². The van der Waals surface area contributed by atoms with E-state index >= 15 is 0 Å². The van der Waals surface area contributed by atoms with E-state index in [-0.39, 0.29) is 37.0 Å². The van der Waals surface area contributed by atoms with Crippen LogP contribution in [-0.4, -0.2) is 64.3 Å². The molecule has 0 saturated carbocycles. The number of rotatable bonds is 36. The zero-order valence-corrected chi connectivity index (χ0v) is 30.9. The van der Waals surface area contributed by atoms with Crippen molar-refractivity contribution < 1.29 is 28.8 Å². The lowest BCUT2D eigenvalue weighted by atomic mass is 10.0. The molecule has 0 spiro atoms. The van der Waals surface area contributed by atoms with Crippen LogP contribution in [0.2, 0.25) is 0 Å². The Kier molecular flexibility index (Phi) is 34.6. The average Bonchev–Trinajstić information content (AvgIpc) is 3.06. The molecule has 0 bridgehead atoms. The lowest BCUT2D eigenvalue weighted by Crippen LogP contribution is -2.47. The molecule has 272 valence electrons. The lowest BCUT2D eigenvalue weighted by molar-refractivity contribution is -0.149. The number of carbonyl (C=O) groups is 3. The maximum Gasteiger partial charge on any atom is 0.229 e. The monoisotopic (exact) mass is 672 g/mol. The summed E-state index contributed by atoms with van der Waals surface area (Å²) in [5.74, 6) is -0.456. The standard InChI is InChI=1S/C38H73NO6S/c1-3-5-7-9-11-13-15-17-19-21-23-25-27-29-37(43)39(35(31-40)34-46-45-33-36(42)32-41)38(44)30-28-26-24-22-20-18-16-14-12-10-8-6-4-2/h31,35-36,41-42H,3-30,32-34H2,1-2H3/t35-,36?/m1/s1. The van der Waals surface area contributed by atoms with Crippen LogP contribution >= 0.6 is 12.0 Å². The Balaban J connectivity index is 4.44. The van der Waals surface area contributed by atoms with Gasteiger partial charge in [-0.25, -0.2) is 0 Å². The highest BCUT2D eigenvalue weighted by molar-refractivity contribution is 7.94. The molecule has 0 aromatic carbocycles. The zero-order chi connectivity index (χ0) is 33.9. The van der Waals surface area contributed by atoms with Gasteiger partial charge in [0.1, 0.15) is 18.4 Å². The van der Waals surface area contributed by atoms with E-state index in [0.717, 1.165) is 50.6 Å². The summed E-state index contributed by atoms with van der Waals surface area (Å²) in [6.07, 6.45) is 31.9. The first kappa shape index (κ1) is 45.0. The highest BCUT2D eigenvalue weighted by atomic mass is 32.2. The van der Waals surface area contributed by atoms with Crippen molar-refractivity contribution in [1.29, 1.82) is 0 Å². The van der Waals surface area contributed by atoms with E-state index in [9.17, 15) is 19.5 Å². The quantitative estimate of drug-likeness (QED) is 0.0388. The van der Waals surface area contributed by atoms with Gasteiger partial charge in [-0.15, -0.1) is 0 Å². The van der Waals surface area contributed by atoms with E-state index < -0.39 is 18.8 Å². The number of amides is 2. The molecule has 8 heteroatoms. The second-order valence-electron chi connectivity index (χ2n) is 13.3. The third-order valence-electron chi connectivity index (χ3n) is 8.81. The lowest BCUT2D eigenvalue weighted by Gasteiger charge is -2.26. The summed E-state index contributed by atoms with van der Waals surface area (Å²) in [5, 5.41) is 18.5. The first-order valence-corrected chi connectivity index (χ1v) is 20.3. The minimum atomic E-state index is -1.01. The van der Waals surface area contributed by atoms with E-state index in [0.29, 0.717) is 6.29 Å². The molecule has 0 heterocycles. The molecule has 0 rings (SSSR count). The second-order valence-corrected chi connectivity index (χ2v) is 14.1. The maximum atomic E-state index is 13.2. The van der Waals surface area contributed by atoms with Gasteiger partial charge in [-0.3, -0.25) is 14.5 Å². The largest absolute Gasteiger partial charge is 0.394 e. The summed E-state index contributed by atoms with van der Waals surface area (Å²) in [7, 11) is 0. The van der Waals surface area contributed by atoms with Gasteiger partial charge in [0.25, 0.3) is 0 Å². The molecule has 0 aliphatic carbocycles. The van der Waals surface area contributed by atoms with E-state index in [4.69, 9.17) is 9.29 Å². The number of aliphatic hydroxyl groups excluding tert-OH is 2. The van der Waals surface area contributed by atoms with Crippen LogP contribution in [0.1, 0.15) is 194 Å². The molecular formula is C38H73NO6S. The fraction of sp³-hybridized carbons (Fsp3) is 0.921. The minimum absolute atomic E-state index is 0.0907. The normalized spacial score (nSPS) is 12.7. The Labute approximate surface area is 288 Å². The van der Waals surface area contributed by atoms with Gasteiger partial charge in [0.2, 0.25) is 11.8 Å². The van der Waals surface area contributed by atoms with Gasteiger partial charge >= 0.3 is 0 Å². The number of imide groups is 1. The van der Waals surface area contributed by atoms with Crippen LogP contribution in [0.3, 0.4) is 0 Å². The Morgan fingerprint density at radius 3 is 1.24 bits per heavy atom. The van der Waals surface area contributed by atoms with Gasteiger partial charge in [-0.2, -0.15) is 0 Å². The van der Waals surface area contributed by atoms with Crippen LogP contribution < -0.4 is 0 Å². The van der Waals surface area contributed by atoms with Gasteiger partial charge in [0.15, 0.2) is 0 Å². The number of aldehydes is 1. The average molecular weight is 672 g/mol. The molecule has 0 aromatic rings. The molecule has 2 N–H and O–H groups in total. The van der Waals surface area contributed by atoms with Crippen molar-refractivity contribution in [3.05, 3.63) is 0 Å². The van der Waals surface area contributed by atoms with Crippen molar-refractivity contribution in [2.24, 2.45) is 0 Å². The third kappa shape index (κ3) is 28.1. The van der Waals surface area contributed by atoms with Gasteiger partial charge in [-0.1, -0.05) is 168 Å². The highest BCUT2D eigenvalue weighted by Gasteiger charge is 2.29. The van der Waals surface area contributed by atoms with Crippen LogP contribution in [0.4, 0.5) is 0 Å². The predicted octanol–water partition coefficient (Wildman–Crippen LogP) is 9.89. The molecule has 0 radical (unpaired) electrons. The highest BCUT2D eigenvalue weighted by Crippen LogP contribution is 2.18. The Morgan fingerprint density at radius 1 is 0.609 bits per heavy atom. The number of hydrogen-bond acceptors (Lipinski definition) is 7. The molecule has 2 atom stereocenters. The van der Waals surface area contributed by atoms with Gasteiger partial charge in [0.05, 0.1) is 13.2 Å². The predicted molar refractivity (Wildman–Crippen MR) is 194 cm³/mol. The summed E-state index contributed by atoms with van der Waals surface area (Å²) in [6.45, 7) is 3.99. The van der Waals surface area contributed by atoms with Gasteiger partial charge in [-0.05, 0) is 24.9 Å².